The number of hydrogen-bond donors (Lipinski definition) is 0. The highest BCUT2D eigenvalue weighted by Gasteiger charge is 2.17. The van der Waals surface area contributed by atoms with Crippen molar-refractivity contribution in [1.29, 1.82) is 0 Å². The summed E-state index contributed by atoms with van der Waals surface area (Å²) in [7, 11) is 0. The average molecular weight is 330 g/mol. The molecule has 1 aliphatic carbocycles. The molecule has 114 valence electrons. The minimum absolute atomic E-state index is 0.00305. The molecule has 0 fully saturated rings. The van der Waals surface area contributed by atoms with Gasteiger partial charge < -0.3 is 0 Å². The van der Waals surface area contributed by atoms with Crippen LogP contribution < -0.4 is 5.43 Å². The lowest BCUT2D eigenvalue weighted by atomic mass is 10.1. The molecule has 0 unspecified atom stereocenters. The van der Waals surface area contributed by atoms with E-state index in [2.05, 4.69) is 10.2 Å². The standard InChI is InChI=1S/C18H10N4OS/c23-14-10-15-16(13-9-5-4-8-12(13)14)21-22-17(19-20-18(22)24-15)11-6-2-1-3-7-11/h1-10H. The topological polar surface area (TPSA) is 60.2 Å². The van der Waals surface area contributed by atoms with Gasteiger partial charge in [0.25, 0.3) is 0 Å². The molecule has 24 heavy (non-hydrogen) atoms. The van der Waals surface area contributed by atoms with E-state index < -0.39 is 0 Å². The van der Waals surface area contributed by atoms with Gasteiger partial charge in [0.2, 0.25) is 4.96 Å². The molecule has 2 aliphatic rings. The monoisotopic (exact) mass is 330 g/mol. The van der Waals surface area contributed by atoms with E-state index in [1.54, 1.807) is 10.6 Å². The molecule has 0 saturated carbocycles. The molecular formula is C18H10N4OS. The van der Waals surface area contributed by atoms with Crippen molar-refractivity contribution in [1.82, 2.24) is 19.8 Å². The Labute approximate surface area is 140 Å². The van der Waals surface area contributed by atoms with Crippen LogP contribution in [0.1, 0.15) is 0 Å². The van der Waals surface area contributed by atoms with E-state index in [0.29, 0.717) is 16.2 Å². The second-order valence-electron chi connectivity index (χ2n) is 5.45. The van der Waals surface area contributed by atoms with Gasteiger partial charge in [0, 0.05) is 22.4 Å². The lowest BCUT2D eigenvalue weighted by Gasteiger charge is -2.08. The molecule has 5 nitrogen and oxygen atoms in total. The second kappa shape index (κ2) is 4.94. The predicted molar refractivity (Wildman–Crippen MR) is 94.5 cm³/mol. The van der Waals surface area contributed by atoms with Crippen LogP contribution in [0.4, 0.5) is 0 Å². The van der Waals surface area contributed by atoms with Crippen LogP contribution in [0, 0.1) is 0 Å². The largest absolute Gasteiger partial charge is 0.289 e. The molecule has 0 atom stereocenters. The minimum atomic E-state index is 0.00305. The van der Waals surface area contributed by atoms with E-state index in [9.17, 15) is 4.79 Å². The third-order valence-electron chi connectivity index (χ3n) is 3.99. The van der Waals surface area contributed by atoms with Gasteiger partial charge >= 0.3 is 0 Å². The van der Waals surface area contributed by atoms with Crippen LogP contribution >= 0.6 is 11.3 Å². The van der Waals surface area contributed by atoms with Gasteiger partial charge in [-0.25, -0.2) is 0 Å². The second-order valence-corrected chi connectivity index (χ2v) is 6.46. The fourth-order valence-electron chi connectivity index (χ4n) is 2.87. The molecular weight excluding hydrogens is 320 g/mol. The van der Waals surface area contributed by atoms with Crippen molar-refractivity contribution in [2.75, 3.05) is 0 Å². The van der Waals surface area contributed by atoms with Crippen molar-refractivity contribution in [3.05, 3.63) is 70.9 Å². The van der Waals surface area contributed by atoms with E-state index in [1.165, 1.54) is 11.3 Å². The van der Waals surface area contributed by atoms with Crippen LogP contribution in [-0.4, -0.2) is 19.8 Å². The van der Waals surface area contributed by atoms with Gasteiger partial charge in [-0.05, 0) is 0 Å². The number of nitrogens with zero attached hydrogens (tertiary/aromatic N) is 4. The van der Waals surface area contributed by atoms with Crippen molar-refractivity contribution in [3.8, 4) is 22.0 Å². The molecule has 0 amide bonds. The molecule has 0 saturated heterocycles. The summed E-state index contributed by atoms with van der Waals surface area (Å²) in [6, 6.07) is 19.0. The maximum atomic E-state index is 12.3. The number of fused-ring (bicyclic) bond motifs is 4. The van der Waals surface area contributed by atoms with E-state index >= 15 is 0 Å². The number of aromatic nitrogens is 4. The smallest absolute Gasteiger partial charge is 0.233 e. The summed E-state index contributed by atoms with van der Waals surface area (Å²) in [5.41, 5.74) is 1.75. The fraction of sp³-hybridized carbons (Fsp3) is 0. The summed E-state index contributed by atoms with van der Waals surface area (Å²) in [6.07, 6.45) is 0. The Morgan fingerprint density at radius 3 is 2.46 bits per heavy atom. The Morgan fingerprint density at radius 1 is 0.875 bits per heavy atom. The molecule has 1 aliphatic heterocycles. The first kappa shape index (κ1) is 13.3. The van der Waals surface area contributed by atoms with Crippen LogP contribution in [0.15, 0.2) is 65.5 Å². The Balaban J connectivity index is 1.92. The number of rotatable bonds is 1. The highest BCUT2D eigenvalue weighted by atomic mass is 32.1. The zero-order valence-corrected chi connectivity index (χ0v) is 13.2. The third-order valence-corrected chi connectivity index (χ3v) is 4.96. The minimum Gasteiger partial charge on any atom is -0.289 e. The molecule has 1 aromatic heterocycles. The molecule has 0 radical (unpaired) electrons. The molecule has 2 aromatic carbocycles. The van der Waals surface area contributed by atoms with E-state index in [-0.39, 0.29) is 5.43 Å². The van der Waals surface area contributed by atoms with E-state index in [0.717, 1.165) is 21.5 Å². The highest BCUT2D eigenvalue weighted by Crippen LogP contribution is 2.32. The first-order valence-electron chi connectivity index (χ1n) is 7.45. The molecule has 0 N–H and O–H groups in total. The number of benzene rings is 3. The van der Waals surface area contributed by atoms with Crippen LogP contribution in [0.3, 0.4) is 0 Å². The van der Waals surface area contributed by atoms with Crippen molar-refractivity contribution in [3.63, 3.8) is 0 Å². The fourth-order valence-corrected chi connectivity index (χ4v) is 3.77. The molecule has 0 spiro atoms. The van der Waals surface area contributed by atoms with E-state index in [4.69, 9.17) is 5.10 Å². The van der Waals surface area contributed by atoms with Crippen molar-refractivity contribution in [2.45, 2.75) is 0 Å². The summed E-state index contributed by atoms with van der Waals surface area (Å²) in [6.45, 7) is 0. The Bertz CT molecular complexity index is 1230. The SMILES string of the molecule is O=c1cc2sc3nnc(-c4ccccc4)n3nc-2c2ccccc12. The van der Waals surface area contributed by atoms with Gasteiger partial charge in [0.05, 0.1) is 4.88 Å². The Kier molecular flexibility index (Phi) is 2.74. The Hall–Kier alpha value is -3.12. The summed E-state index contributed by atoms with van der Waals surface area (Å²) < 4.78 is 1.75. The first-order chi connectivity index (χ1) is 11.8. The summed E-state index contributed by atoms with van der Waals surface area (Å²) >= 11 is 1.42. The van der Waals surface area contributed by atoms with Gasteiger partial charge in [-0.1, -0.05) is 65.9 Å². The van der Waals surface area contributed by atoms with Crippen LogP contribution in [0.25, 0.3) is 37.7 Å². The molecule has 2 heterocycles. The number of hydrogen-bond acceptors (Lipinski definition) is 5. The quantitative estimate of drug-likeness (QED) is 0.442. The lowest BCUT2D eigenvalue weighted by molar-refractivity contribution is 0.957. The van der Waals surface area contributed by atoms with Gasteiger partial charge in [-0.15, -0.1) is 10.2 Å². The molecule has 0 bridgehead atoms. The van der Waals surface area contributed by atoms with Crippen LogP contribution in [0.5, 0.6) is 0 Å². The van der Waals surface area contributed by atoms with Crippen LogP contribution in [-0.2, 0) is 0 Å². The Morgan fingerprint density at radius 2 is 1.62 bits per heavy atom. The van der Waals surface area contributed by atoms with Crippen LogP contribution in [0.2, 0.25) is 0 Å². The van der Waals surface area contributed by atoms with Crippen molar-refractivity contribution in [2.24, 2.45) is 0 Å². The highest BCUT2D eigenvalue weighted by molar-refractivity contribution is 7.20. The molecule has 3 aromatic rings. The normalized spacial score (nSPS) is 11.5. The zero-order chi connectivity index (χ0) is 16.1. The third kappa shape index (κ3) is 1.87. The summed E-state index contributed by atoms with van der Waals surface area (Å²) in [4.78, 5) is 13.8. The maximum absolute atomic E-state index is 12.3. The van der Waals surface area contributed by atoms with Crippen molar-refractivity contribution >= 4 is 27.1 Å². The lowest BCUT2D eigenvalue weighted by Crippen LogP contribution is -2.05. The zero-order valence-electron chi connectivity index (χ0n) is 12.4. The van der Waals surface area contributed by atoms with Crippen molar-refractivity contribution < 1.29 is 0 Å². The first-order valence-corrected chi connectivity index (χ1v) is 8.26. The van der Waals surface area contributed by atoms with E-state index in [1.807, 2.05) is 54.6 Å². The average Bonchev–Trinajstić information content (AvgIpc) is 3.04. The maximum Gasteiger partial charge on any atom is 0.233 e. The van der Waals surface area contributed by atoms with Gasteiger partial charge in [-0.3, -0.25) is 4.79 Å². The van der Waals surface area contributed by atoms with Gasteiger partial charge in [-0.2, -0.15) is 9.61 Å². The van der Waals surface area contributed by atoms with Gasteiger partial charge in [0.15, 0.2) is 11.3 Å². The summed E-state index contributed by atoms with van der Waals surface area (Å²) in [5, 5.41) is 14.8. The molecule has 6 heteroatoms. The molecule has 5 rings (SSSR count). The predicted octanol–water partition coefficient (Wildman–Crippen LogP) is 3.47. The summed E-state index contributed by atoms with van der Waals surface area (Å²) in [5.74, 6) is 0.694. The van der Waals surface area contributed by atoms with Gasteiger partial charge in [0.1, 0.15) is 5.69 Å².